The predicted octanol–water partition coefficient (Wildman–Crippen LogP) is 3.44. The molecule has 0 aromatic heterocycles. The fourth-order valence-corrected chi connectivity index (χ4v) is 1.80. The fourth-order valence-electron chi connectivity index (χ4n) is 1.57. The van der Waals surface area contributed by atoms with Crippen molar-refractivity contribution >= 4 is 17.6 Å². The van der Waals surface area contributed by atoms with Gasteiger partial charge in [0.15, 0.2) is 0 Å². The van der Waals surface area contributed by atoms with Crippen LogP contribution in [0.4, 0.5) is 0 Å². The number of rotatable bonds is 4. The van der Waals surface area contributed by atoms with Crippen LogP contribution in [0.1, 0.15) is 5.56 Å². The lowest BCUT2D eigenvalue weighted by molar-refractivity contribution is -0.133. The molecular formula is C15H13ClO2. The van der Waals surface area contributed by atoms with E-state index in [1.54, 1.807) is 12.1 Å². The Balaban J connectivity index is 1.93. The van der Waals surface area contributed by atoms with E-state index in [1.807, 2.05) is 48.5 Å². The van der Waals surface area contributed by atoms with Crippen molar-refractivity contribution in [3.63, 3.8) is 0 Å². The molecule has 2 nitrogen and oxygen atoms in total. The van der Waals surface area contributed by atoms with Crippen molar-refractivity contribution in [3.05, 3.63) is 66.2 Å². The molecule has 0 spiro atoms. The van der Waals surface area contributed by atoms with E-state index < -0.39 is 11.3 Å². The third kappa shape index (κ3) is 3.60. The second kappa shape index (κ2) is 6.22. The smallest absolute Gasteiger partial charge is 0.329 e. The summed E-state index contributed by atoms with van der Waals surface area (Å²) in [5, 5.41) is -0.674. The number of para-hydroxylation sites is 1. The highest BCUT2D eigenvalue weighted by molar-refractivity contribution is 6.30. The Labute approximate surface area is 111 Å². The highest BCUT2D eigenvalue weighted by Crippen LogP contribution is 2.14. The number of esters is 1. The molecule has 2 rings (SSSR count). The molecule has 0 aliphatic rings. The maximum atomic E-state index is 11.8. The molecule has 0 radical (unpaired) electrons. The van der Waals surface area contributed by atoms with Gasteiger partial charge in [-0.2, -0.15) is 0 Å². The third-order valence-corrected chi connectivity index (χ3v) is 2.81. The average Bonchev–Trinajstić information content (AvgIpc) is 2.41. The molecular weight excluding hydrogens is 248 g/mol. The Hall–Kier alpha value is -1.80. The monoisotopic (exact) mass is 260 g/mol. The molecule has 0 amide bonds. The first-order valence-corrected chi connectivity index (χ1v) is 6.14. The zero-order chi connectivity index (χ0) is 12.8. The van der Waals surface area contributed by atoms with Crippen molar-refractivity contribution in [1.82, 2.24) is 0 Å². The van der Waals surface area contributed by atoms with Crippen molar-refractivity contribution < 1.29 is 9.53 Å². The minimum absolute atomic E-state index is 0.424. The Kier molecular flexibility index (Phi) is 4.37. The van der Waals surface area contributed by atoms with Crippen molar-refractivity contribution in [1.29, 1.82) is 0 Å². The maximum Gasteiger partial charge on any atom is 0.329 e. The van der Waals surface area contributed by atoms with Crippen LogP contribution >= 0.6 is 11.6 Å². The van der Waals surface area contributed by atoms with Gasteiger partial charge in [-0.25, -0.2) is 0 Å². The van der Waals surface area contributed by atoms with Gasteiger partial charge in [-0.15, -0.1) is 11.6 Å². The van der Waals surface area contributed by atoms with Crippen LogP contribution in [0.5, 0.6) is 5.75 Å². The number of benzene rings is 2. The van der Waals surface area contributed by atoms with Crippen LogP contribution in [0, 0.1) is 0 Å². The molecule has 1 unspecified atom stereocenters. The third-order valence-electron chi connectivity index (χ3n) is 2.48. The van der Waals surface area contributed by atoms with E-state index in [1.165, 1.54) is 0 Å². The van der Waals surface area contributed by atoms with Gasteiger partial charge in [-0.05, 0) is 24.1 Å². The van der Waals surface area contributed by atoms with Crippen molar-refractivity contribution in [2.24, 2.45) is 0 Å². The lowest BCUT2D eigenvalue weighted by Gasteiger charge is -2.09. The summed E-state index contributed by atoms with van der Waals surface area (Å²) in [6.07, 6.45) is 0.466. The highest BCUT2D eigenvalue weighted by atomic mass is 35.5. The van der Waals surface area contributed by atoms with Crippen molar-refractivity contribution in [2.45, 2.75) is 11.8 Å². The molecule has 2 aromatic carbocycles. The SMILES string of the molecule is O=C(Oc1ccccc1)C(Cl)Cc1ccccc1. The molecule has 0 heterocycles. The summed E-state index contributed by atoms with van der Waals surface area (Å²) in [5.41, 5.74) is 1.02. The summed E-state index contributed by atoms with van der Waals surface area (Å²) in [6.45, 7) is 0. The van der Waals surface area contributed by atoms with Crippen LogP contribution in [-0.4, -0.2) is 11.3 Å². The first kappa shape index (κ1) is 12.7. The summed E-state index contributed by atoms with van der Waals surface area (Å²) >= 11 is 6.04. The second-order valence-corrected chi connectivity index (χ2v) is 4.42. The van der Waals surface area contributed by atoms with Crippen molar-refractivity contribution in [2.75, 3.05) is 0 Å². The first-order valence-electron chi connectivity index (χ1n) is 5.70. The normalized spacial score (nSPS) is 11.8. The van der Waals surface area contributed by atoms with Gasteiger partial charge >= 0.3 is 5.97 Å². The van der Waals surface area contributed by atoms with E-state index >= 15 is 0 Å². The van der Waals surface area contributed by atoms with E-state index in [9.17, 15) is 4.79 Å². The van der Waals surface area contributed by atoms with E-state index in [-0.39, 0.29) is 0 Å². The van der Waals surface area contributed by atoms with Crippen LogP contribution in [0.3, 0.4) is 0 Å². The molecule has 0 bridgehead atoms. The maximum absolute atomic E-state index is 11.8. The molecule has 0 aliphatic heterocycles. The molecule has 0 aliphatic carbocycles. The second-order valence-electron chi connectivity index (χ2n) is 3.89. The molecule has 2 aromatic rings. The van der Waals surface area contributed by atoms with Gasteiger partial charge in [-0.3, -0.25) is 4.79 Å². The molecule has 18 heavy (non-hydrogen) atoms. The van der Waals surface area contributed by atoms with Crippen LogP contribution in [0.25, 0.3) is 0 Å². The van der Waals surface area contributed by atoms with Gasteiger partial charge in [0, 0.05) is 0 Å². The average molecular weight is 261 g/mol. The molecule has 0 saturated carbocycles. The van der Waals surface area contributed by atoms with Gasteiger partial charge in [0.1, 0.15) is 11.1 Å². The van der Waals surface area contributed by atoms with Crippen LogP contribution in [0.15, 0.2) is 60.7 Å². The number of halogens is 1. The minimum Gasteiger partial charge on any atom is -0.425 e. The molecule has 0 N–H and O–H groups in total. The van der Waals surface area contributed by atoms with Gasteiger partial charge in [0.25, 0.3) is 0 Å². The molecule has 1 atom stereocenters. The van der Waals surface area contributed by atoms with Crippen LogP contribution < -0.4 is 4.74 Å². The van der Waals surface area contributed by atoms with Crippen molar-refractivity contribution in [3.8, 4) is 5.75 Å². The van der Waals surface area contributed by atoms with Gasteiger partial charge in [-0.1, -0.05) is 48.5 Å². The Morgan fingerprint density at radius 1 is 1.00 bits per heavy atom. The highest BCUT2D eigenvalue weighted by Gasteiger charge is 2.18. The Bertz CT molecular complexity index is 496. The number of carbonyl (C=O) groups is 1. The number of alkyl halides is 1. The number of hydrogen-bond donors (Lipinski definition) is 0. The Morgan fingerprint density at radius 2 is 1.56 bits per heavy atom. The summed E-state index contributed by atoms with van der Waals surface area (Å²) in [6, 6.07) is 18.6. The molecule has 92 valence electrons. The topological polar surface area (TPSA) is 26.3 Å². The molecule has 0 fully saturated rings. The van der Waals surface area contributed by atoms with Crippen LogP contribution in [0.2, 0.25) is 0 Å². The van der Waals surface area contributed by atoms with Gasteiger partial charge < -0.3 is 4.74 Å². The summed E-state index contributed by atoms with van der Waals surface area (Å²) < 4.78 is 5.18. The zero-order valence-electron chi connectivity index (χ0n) is 9.75. The van der Waals surface area contributed by atoms with E-state index in [4.69, 9.17) is 16.3 Å². The fraction of sp³-hybridized carbons (Fsp3) is 0.133. The van der Waals surface area contributed by atoms with E-state index in [0.717, 1.165) is 5.56 Å². The lowest BCUT2D eigenvalue weighted by atomic mass is 10.1. The lowest BCUT2D eigenvalue weighted by Crippen LogP contribution is -2.22. The largest absolute Gasteiger partial charge is 0.425 e. The standard InChI is InChI=1S/C15H13ClO2/c16-14(11-12-7-3-1-4-8-12)15(17)18-13-9-5-2-6-10-13/h1-10,14H,11H2. The number of ether oxygens (including phenoxy) is 1. The first-order chi connectivity index (χ1) is 8.75. The van der Waals surface area contributed by atoms with E-state index in [2.05, 4.69) is 0 Å². The predicted molar refractivity (Wildman–Crippen MR) is 71.9 cm³/mol. The van der Waals surface area contributed by atoms with Gasteiger partial charge in [0.2, 0.25) is 0 Å². The summed E-state index contributed by atoms with van der Waals surface area (Å²) in [5.74, 6) is 0.0907. The van der Waals surface area contributed by atoms with Gasteiger partial charge in [0.05, 0.1) is 0 Å². The zero-order valence-corrected chi connectivity index (χ0v) is 10.5. The van der Waals surface area contributed by atoms with E-state index in [0.29, 0.717) is 12.2 Å². The molecule has 3 heteroatoms. The van der Waals surface area contributed by atoms with Crippen LogP contribution in [-0.2, 0) is 11.2 Å². The molecule has 0 saturated heterocycles. The number of carbonyl (C=O) groups excluding carboxylic acids is 1. The summed E-state index contributed by atoms with van der Waals surface area (Å²) in [7, 11) is 0. The number of hydrogen-bond acceptors (Lipinski definition) is 2. The summed E-state index contributed by atoms with van der Waals surface area (Å²) in [4.78, 5) is 11.8. The minimum atomic E-state index is -0.674. The Morgan fingerprint density at radius 3 is 2.17 bits per heavy atom. The quantitative estimate of drug-likeness (QED) is 0.478.